The van der Waals surface area contributed by atoms with Crippen molar-refractivity contribution in [2.24, 2.45) is 0 Å². The number of rotatable bonds is 4. The van der Waals surface area contributed by atoms with Gasteiger partial charge in [0.1, 0.15) is 0 Å². The zero-order chi connectivity index (χ0) is 15.3. The van der Waals surface area contributed by atoms with Gasteiger partial charge >= 0.3 is 0 Å². The van der Waals surface area contributed by atoms with Crippen LogP contribution in [0.5, 0.6) is 0 Å². The van der Waals surface area contributed by atoms with Crippen LogP contribution in [0.15, 0.2) is 28.8 Å². The maximum Gasteiger partial charge on any atom is 0.232 e. The number of hydrogen-bond donors (Lipinski definition) is 0. The van der Waals surface area contributed by atoms with E-state index in [-0.39, 0.29) is 11.2 Å². The molecular weight excluding hydrogens is 326 g/mol. The van der Waals surface area contributed by atoms with Crippen molar-refractivity contribution in [1.82, 2.24) is 14.4 Å². The first-order chi connectivity index (χ1) is 10.5. The standard InChI is InChI=1S/C14H14ClN3O3S/c15-11-3-1-2-9(6-11)13-16-14(21-17-13)10-7-18(8-10)22(19,20)12-4-5-12/h1-3,6,10,12H,4-5,7-8H2. The molecule has 1 aromatic carbocycles. The summed E-state index contributed by atoms with van der Waals surface area (Å²) in [5.41, 5.74) is 0.782. The van der Waals surface area contributed by atoms with Crippen molar-refractivity contribution >= 4 is 21.6 Å². The Bertz CT molecular complexity index is 810. The minimum absolute atomic E-state index is 0.0195. The lowest BCUT2D eigenvalue weighted by atomic mass is 10.0. The fraction of sp³-hybridized carbons (Fsp3) is 0.429. The maximum absolute atomic E-state index is 12.1. The molecule has 116 valence electrons. The molecule has 0 atom stereocenters. The van der Waals surface area contributed by atoms with Gasteiger partial charge in [-0.2, -0.15) is 9.29 Å². The summed E-state index contributed by atoms with van der Waals surface area (Å²) >= 11 is 5.95. The third-order valence-corrected chi connectivity index (χ3v) is 6.59. The first-order valence-corrected chi connectivity index (χ1v) is 9.00. The van der Waals surface area contributed by atoms with Gasteiger partial charge in [-0.15, -0.1) is 0 Å². The van der Waals surface area contributed by atoms with Crippen LogP contribution in [0.1, 0.15) is 24.7 Å². The lowest BCUT2D eigenvalue weighted by molar-refractivity contribution is 0.216. The summed E-state index contributed by atoms with van der Waals surface area (Å²) in [7, 11) is -3.09. The van der Waals surface area contributed by atoms with Crippen molar-refractivity contribution in [2.75, 3.05) is 13.1 Å². The highest BCUT2D eigenvalue weighted by Gasteiger charge is 2.46. The van der Waals surface area contributed by atoms with Gasteiger partial charge in [-0.3, -0.25) is 0 Å². The molecule has 4 rings (SSSR count). The maximum atomic E-state index is 12.1. The molecule has 1 saturated heterocycles. The van der Waals surface area contributed by atoms with Crippen LogP contribution in [0, 0.1) is 0 Å². The second-order valence-electron chi connectivity index (χ2n) is 5.72. The third-order valence-electron chi connectivity index (χ3n) is 4.03. The Hall–Kier alpha value is -1.44. The van der Waals surface area contributed by atoms with Gasteiger partial charge in [-0.05, 0) is 25.0 Å². The molecular formula is C14H14ClN3O3S. The molecule has 0 unspecified atom stereocenters. The summed E-state index contributed by atoms with van der Waals surface area (Å²) in [5.74, 6) is 0.937. The van der Waals surface area contributed by atoms with Crippen molar-refractivity contribution in [2.45, 2.75) is 24.0 Å². The van der Waals surface area contributed by atoms with E-state index in [2.05, 4.69) is 10.1 Å². The van der Waals surface area contributed by atoms with Gasteiger partial charge in [0.05, 0.1) is 11.2 Å². The fourth-order valence-corrected chi connectivity index (χ4v) is 4.64. The molecule has 1 saturated carbocycles. The van der Waals surface area contributed by atoms with Crippen LogP contribution in [0.2, 0.25) is 5.02 Å². The van der Waals surface area contributed by atoms with Gasteiger partial charge in [0.15, 0.2) is 0 Å². The summed E-state index contributed by atoms with van der Waals surface area (Å²) in [6, 6.07) is 7.21. The normalized spacial score (nSPS) is 20.0. The summed E-state index contributed by atoms with van der Waals surface area (Å²) < 4.78 is 30.9. The highest BCUT2D eigenvalue weighted by Crippen LogP contribution is 2.37. The average Bonchev–Trinajstić information content (AvgIpc) is 3.18. The van der Waals surface area contributed by atoms with E-state index in [0.29, 0.717) is 29.8 Å². The third kappa shape index (κ3) is 2.43. The fourth-order valence-electron chi connectivity index (χ4n) is 2.52. The Kier molecular flexibility index (Phi) is 3.25. The number of halogens is 1. The smallest absolute Gasteiger partial charge is 0.232 e. The van der Waals surface area contributed by atoms with E-state index in [1.165, 1.54) is 4.31 Å². The molecule has 2 heterocycles. The number of benzene rings is 1. The topological polar surface area (TPSA) is 76.3 Å². The number of sulfonamides is 1. The zero-order valence-corrected chi connectivity index (χ0v) is 13.2. The van der Waals surface area contributed by atoms with Gasteiger partial charge in [0.2, 0.25) is 21.7 Å². The molecule has 1 aromatic heterocycles. The van der Waals surface area contributed by atoms with Gasteiger partial charge in [-0.25, -0.2) is 8.42 Å². The number of hydrogen-bond acceptors (Lipinski definition) is 5. The van der Waals surface area contributed by atoms with Crippen LogP contribution >= 0.6 is 11.6 Å². The summed E-state index contributed by atoms with van der Waals surface area (Å²) in [4.78, 5) is 4.36. The Morgan fingerprint density at radius 2 is 2.05 bits per heavy atom. The molecule has 2 aromatic rings. The molecule has 0 N–H and O–H groups in total. The van der Waals surface area contributed by atoms with E-state index in [1.807, 2.05) is 12.1 Å². The molecule has 0 bridgehead atoms. The molecule has 0 spiro atoms. The molecule has 2 aliphatic rings. The second-order valence-corrected chi connectivity index (χ2v) is 8.37. The van der Waals surface area contributed by atoms with Gasteiger partial charge < -0.3 is 4.52 Å². The summed E-state index contributed by atoms with van der Waals surface area (Å²) in [6.07, 6.45) is 1.56. The van der Waals surface area contributed by atoms with E-state index in [4.69, 9.17) is 16.1 Å². The zero-order valence-electron chi connectivity index (χ0n) is 11.6. The van der Waals surface area contributed by atoms with Gasteiger partial charge in [0.25, 0.3) is 0 Å². The highest BCUT2D eigenvalue weighted by molar-refractivity contribution is 7.90. The van der Waals surface area contributed by atoms with Crippen molar-refractivity contribution < 1.29 is 12.9 Å². The van der Waals surface area contributed by atoms with Crippen molar-refractivity contribution in [1.29, 1.82) is 0 Å². The van der Waals surface area contributed by atoms with Crippen LogP contribution in [0.3, 0.4) is 0 Å². The molecule has 0 amide bonds. The lowest BCUT2D eigenvalue weighted by Gasteiger charge is -2.35. The van der Waals surface area contributed by atoms with Crippen molar-refractivity contribution in [3.05, 3.63) is 35.2 Å². The van der Waals surface area contributed by atoms with E-state index in [1.54, 1.807) is 12.1 Å². The lowest BCUT2D eigenvalue weighted by Crippen LogP contribution is -2.49. The second kappa shape index (κ2) is 5.04. The predicted octanol–water partition coefficient (Wildman–Crippen LogP) is 2.28. The van der Waals surface area contributed by atoms with E-state index >= 15 is 0 Å². The SMILES string of the molecule is O=S(=O)(C1CC1)N1CC(c2nc(-c3cccc(Cl)c3)no2)C1. The number of nitrogens with zero attached hydrogens (tertiary/aromatic N) is 3. The van der Waals surface area contributed by atoms with Crippen LogP contribution in [0.4, 0.5) is 0 Å². The molecule has 1 aliphatic carbocycles. The molecule has 1 aliphatic heterocycles. The van der Waals surface area contributed by atoms with Crippen molar-refractivity contribution in [3.63, 3.8) is 0 Å². The first kappa shape index (κ1) is 14.2. The molecule has 6 nitrogen and oxygen atoms in total. The van der Waals surface area contributed by atoms with Crippen molar-refractivity contribution in [3.8, 4) is 11.4 Å². The van der Waals surface area contributed by atoms with E-state index in [9.17, 15) is 8.42 Å². The van der Waals surface area contributed by atoms with Gasteiger partial charge in [-0.1, -0.05) is 28.9 Å². The summed E-state index contributed by atoms with van der Waals surface area (Å²) in [5, 5.41) is 4.39. The predicted molar refractivity (Wildman–Crippen MR) is 81.0 cm³/mol. The molecule has 8 heteroatoms. The Morgan fingerprint density at radius 3 is 2.73 bits per heavy atom. The largest absolute Gasteiger partial charge is 0.339 e. The van der Waals surface area contributed by atoms with E-state index in [0.717, 1.165) is 18.4 Å². The monoisotopic (exact) mass is 339 g/mol. The van der Waals surface area contributed by atoms with Crippen LogP contribution in [0.25, 0.3) is 11.4 Å². The Labute approximate surface area is 133 Å². The van der Waals surface area contributed by atoms with Crippen LogP contribution in [-0.4, -0.2) is 41.2 Å². The molecule has 22 heavy (non-hydrogen) atoms. The minimum Gasteiger partial charge on any atom is -0.339 e. The minimum atomic E-state index is -3.09. The molecule has 0 radical (unpaired) electrons. The molecule has 2 fully saturated rings. The Balaban J connectivity index is 1.47. The summed E-state index contributed by atoms with van der Waals surface area (Å²) in [6.45, 7) is 0.853. The van der Waals surface area contributed by atoms with Crippen LogP contribution < -0.4 is 0 Å². The highest BCUT2D eigenvalue weighted by atomic mass is 35.5. The van der Waals surface area contributed by atoms with Crippen LogP contribution in [-0.2, 0) is 10.0 Å². The first-order valence-electron chi connectivity index (χ1n) is 7.12. The quantitative estimate of drug-likeness (QED) is 0.854. The number of aromatic nitrogens is 2. The van der Waals surface area contributed by atoms with E-state index < -0.39 is 10.0 Å². The van der Waals surface area contributed by atoms with Gasteiger partial charge in [0, 0.05) is 23.7 Å². The Morgan fingerprint density at radius 1 is 1.27 bits per heavy atom. The average molecular weight is 340 g/mol.